The van der Waals surface area contributed by atoms with Crippen LogP contribution in [0.15, 0.2) is 17.0 Å². The molecular formula is C11H13NO4S. The van der Waals surface area contributed by atoms with Crippen molar-refractivity contribution in [3.05, 3.63) is 23.3 Å². The highest BCUT2D eigenvalue weighted by Crippen LogP contribution is 2.30. The molecule has 0 bridgehead atoms. The lowest BCUT2D eigenvalue weighted by Gasteiger charge is -2.18. The molecule has 17 heavy (non-hydrogen) atoms. The summed E-state index contributed by atoms with van der Waals surface area (Å²) in [5, 5.41) is 2.31. The quantitative estimate of drug-likeness (QED) is 0.631. The predicted octanol–water partition coefficient (Wildman–Crippen LogP) is 1.38. The summed E-state index contributed by atoms with van der Waals surface area (Å²) >= 11 is 0. The highest BCUT2D eigenvalue weighted by molar-refractivity contribution is 7.86. The van der Waals surface area contributed by atoms with Crippen LogP contribution in [-0.4, -0.2) is 19.4 Å². The zero-order valence-corrected chi connectivity index (χ0v) is 9.96. The number of aryl methyl sites for hydroxylation is 2. The molecule has 2 N–H and O–H groups in total. The highest BCUT2D eigenvalue weighted by Gasteiger charge is 2.20. The normalized spacial score (nSPS) is 15.1. The van der Waals surface area contributed by atoms with Gasteiger partial charge in [0.2, 0.25) is 6.41 Å². The molecule has 1 aliphatic carbocycles. The lowest BCUT2D eigenvalue weighted by molar-refractivity contribution is -0.105. The minimum Gasteiger partial charge on any atom is -0.327 e. The topological polar surface area (TPSA) is 83.5 Å². The molecule has 1 aliphatic rings. The molecule has 2 rings (SSSR count). The van der Waals surface area contributed by atoms with E-state index in [1.54, 1.807) is 6.07 Å². The Labute approximate surface area is 99.6 Å². The average Bonchev–Trinajstić information content (AvgIpc) is 2.27. The summed E-state index contributed by atoms with van der Waals surface area (Å²) in [5.74, 6) is 0. The van der Waals surface area contributed by atoms with Crippen molar-refractivity contribution in [2.75, 3.05) is 5.32 Å². The van der Waals surface area contributed by atoms with Gasteiger partial charge in [-0.15, -0.1) is 0 Å². The Hall–Kier alpha value is -1.40. The summed E-state index contributed by atoms with van der Waals surface area (Å²) in [5.41, 5.74) is 2.11. The molecule has 0 saturated carbocycles. The van der Waals surface area contributed by atoms with Crippen LogP contribution in [0.25, 0.3) is 0 Å². The largest absolute Gasteiger partial charge is 0.327 e. The first-order chi connectivity index (χ1) is 8.02. The van der Waals surface area contributed by atoms with Gasteiger partial charge in [-0.3, -0.25) is 9.35 Å². The Morgan fingerprint density at radius 2 is 1.76 bits per heavy atom. The van der Waals surface area contributed by atoms with Crippen LogP contribution < -0.4 is 5.32 Å². The second kappa shape index (κ2) is 4.46. The molecule has 5 nitrogen and oxygen atoms in total. The van der Waals surface area contributed by atoms with E-state index in [2.05, 4.69) is 5.32 Å². The predicted molar refractivity (Wildman–Crippen MR) is 62.6 cm³/mol. The average molecular weight is 255 g/mol. The smallest absolute Gasteiger partial charge is 0.296 e. The molecule has 0 atom stereocenters. The van der Waals surface area contributed by atoms with E-state index in [0.717, 1.165) is 36.8 Å². The first-order valence-electron chi connectivity index (χ1n) is 5.36. The van der Waals surface area contributed by atoms with Gasteiger partial charge in [0, 0.05) is 0 Å². The molecule has 1 aromatic rings. The summed E-state index contributed by atoms with van der Waals surface area (Å²) in [6.45, 7) is 0. The molecule has 0 heterocycles. The third-order valence-electron chi connectivity index (χ3n) is 2.94. The molecule has 92 valence electrons. The van der Waals surface area contributed by atoms with Gasteiger partial charge < -0.3 is 5.32 Å². The Kier molecular flexibility index (Phi) is 3.17. The monoisotopic (exact) mass is 255 g/mol. The molecule has 1 amide bonds. The molecule has 0 spiro atoms. The van der Waals surface area contributed by atoms with Crippen LogP contribution >= 0.6 is 0 Å². The van der Waals surface area contributed by atoms with E-state index < -0.39 is 10.1 Å². The third kappa shape index (κ3) is 2.48. The standard InChI is InChI=1S/C11H13NO4S/c13-7-12-10-5-8-3-1-2-4-9(8)6-11(10)17(14,15)16/h5-7H,1-4H2,(H,12,13)(H,14,15,16). The van der Waals surface area contributed by atoms with E-state index >= 15 is 0 Å². The minimum atomic E-state index is -4.31. The number of hydrogen-bond acceptors (Lipinski definition) is 3. The second-order valence-corrected chi connectivity index (χ2v) is 5.45. The molecule has 0 aromatic heterocycles. The van der Waals surface area contributed by atoms with Gasteiger partial charge >= 0.3 is 0 Å². The second-order valence-electron chi connectivity index (χ2n) is 4.06. The van der Waals surface area contributed by atoms with Crippen molar-refractivity contribution < 1.29 is 17.8 Å². The molecule has 0 radical (unpaired) electrons. The summed E-state index contributed by atoms with van der Waals surface area (Å²) in [6, 6.07) is 3.08. The fraction of sp³-hybridized carbons (Fsp3) is 0.364. The molecule has 0 fully saturated rings. The Morgan fingerprint density at radius 1 is 1.18 bits per heavy atom. The van der Waals surface area contributed by atoms with Crippen LogP contribution in [0.1, 0.15) is 24.0 Å². The molecule has 6 heteroatoms. The van der Waals surface area contributed by atoms with Crippen LogP contribution in [0, 0.1) is 0 Å². The molecule has 1 aromatic carbocycles. The maximum atomic E-state index is 11.2. The van der Waals surface area contributed by atoms with Crippen molar-refractivity contribution in [3.8, 4) is 0 Å². The molecule has 0 unspecified atom stereocenters. The van der Waals surface area contributed by atoms with Gasteiger partial charge in [-0.2, -0.15) is 8.42 Å². The summed E-state index contributed by atoms with van der Waals surface area (Å²) in [4.78, 5) is 10.2. The SMILES string of the molecule is O=CNc1cc2c(cc1S(=O)(=O)O)CCCC2. The van der Waals surface area contributed by atoms with Gasteiger partial charge in [0.25, 0.3) is 10.1 Å². The van der Waals surface area contributed by atoms with Gasteiger partial charge in [0.15, 0.2) is 0 Å². The van der Waals surface area contributed by atoms with E-state index in [1.807, 2.05) is 0 Å². The lowest BCUT2D eigenvalue weighted by atomic mass is 9.91. The van der Waals surface area contributed by atoms with Crippen LogP contribution in [0.5, 0.6) is 0 Å². The third-order valence-corrected chi connectivity index (χ3v) is 3.83. The van der Waals surface area contributed by atoms with Crippen molar-refractivity contribution in [3.63, 3.8) is 0 Å². The molecule has 0 aliphatic heterocycles. The van der Waals surface area contributed by atoms with E-state index in [9.17, 15) is 13.2 Å². The van der Waals surface area contributed by atoms with E-state index in [4.69, 9.17) is 4.55 Å². The van der Waals surface area contributed by atoms with Gasteiger partial charge in [-0.05, 0) is 48.9 Å². The van der Waals surface area contributed by atoms with E-state index in [1.165, 1.54) is 6.07 Å². The number of carbonyl (C=O) groups excluding carboxylic acids is 1. The fourth-order valence-electron chi connectivity index (χ4n) is 2.15. The lowest BCUT2D eigenvalue weighted by Crippen LogP contribution is -2.10. The van der Waals surface area contributed by atoms with Crippen LogP contribution in [-0.2, 0) is 27.8 Å². The van der Waals surface area contributed by atoms with Gasteiger partial charge in [-0.1, -0.05) is 0 Å². The summed E-state index contributed by atoms with van der Waals surface area (Å²) in [7, 11) is -4.31. The van der Waals surface area contributed by atoms with Crippen molar-refractivity contribution in [1.82, 2.24) is 0 Å². The number of benzene rings is 1. The van der Waals surface area contributed by atoms with Crippen LogP contribution in [0.3, 0.4) is 0 Å². The summed E-state index contributed by atoms with van der Waals surface area (Å²) in [6.07, 6.45) is 4.14. The number of anilines is 1. The number of fused-ring (bicyclic) bond motifs is 1. The Morgan fingerprint density at radius 3 is 2.29 bits per heavy atom. The molecule has 0 saturated heterocycles. The van der Waals surface area contributed by atoms with Crippen LogP contribution in [0.2, 0.25) is 0 Å². The van der Waals surface area contributed by atoms with Crippen molar-refractivity contribution in [1.29, 1.82) is 0 Å². The maximum absolute atomic E-state index is 11.2. The number of hydrogen-bond donors (Lipinski definition) is 2. The maximum Gasteiger partial charge on any atom is 0.296 e. The Balaban J connectivity index is 2.60. The van der Waals surface area contributed by atoms with Crippen molar-refractivity contribution >= 4 is 22.2 Å². The van der Waals surface area contributed by atoms with Crippen molar-refractivity contribution in [2.45, 2.75) is 30.6 Å². The number of amides is 1. The first-order valence-corrected chi connectivity index (χ1v) is 6.80. The number of rotatable bonds is 3. The van der Waals surface area contributed by atoms with Crippen LogP contribution in [0.4, 0.5) is 5.69 Å². The fourth-order valence-corrected chi connectivity index (χ4v) is 2.84. The zero-order chi connectivity index (χ0) is 12.5. The van der Waals surface area contributed by atoms with Crippen molar-refractivity contribution in [2.24, 2.45) is 0 Å². The summed E-state index contributed by atoms with van der Waals surface area (Å²) < 4.78 is 31.5. The first kappa shape index (κ1) is 12.1. The van der Waals surface area contributed by atoms with E-state index in [-0.39, 0.29) is 10.6 Å². The molecular weight excluding hydrogens is 242 g/mol. The van der Waals surface area contributed by atoms with E-state index in [0.29, 0.717) is 6.41 Å². The highest BCUT2D eigenvalue weighted by atomic mass is 32.2. The van der Waals surface area contributed by atoms with Gasteiger partial charge in [-0.25, -0.2) is 0 Å². The number of carbonyl (C=O) groups is 1. The zero-order valence-electron chi connectivity index (χ0n) is 9.14. The Bertz CT molecular complexity index is 551. The van der Waals surface area contributed by atoms with Gasteiger partial charge in [0.1, 0.15) is 4.90 Å². The minimum absolute atomic E-state index is 0.142. The number of nitrogens with one attached hydrogen (secondary N) is 1. The van der Waals surface area contributed by atoms with Gasteiger partial charge in [0.05, 0.1) is 5.69 Å².